The summed E-state index contributed by atoms with van der Waals surface area (Å²) in [4.78, 5) is 24.1. The highest BCUT2D eigenvalue weighted by Gasteiger charge is 2.16. The first-order valence-electron chi connectivity index (χ1n) is 16.5. The highest BCUT2D eigenvalue weighted by molar-refractivity contribution is 5.70. The van der Waals surface area contributed by atoms with Gasteiger partial charge in [0.05, 0.1) is 6.61 Å². The lowest BCUT2D eigenvalue weighted by atomic mass is 10.1. The normalized spacial score (nSPS) is 12.6. The number of hydrogen-bond donors (Lipinski definition) is 1. The van der Waals surface area contributed by atoms with Crippen molar-refractivity contribution in [2.24, 2.45) is 0 Å². The molecular formula is C35H62O5. The van der Waals surface area contributed by atoms with Gasteiger partial charge < -0.3 is 14.6 Å². The average molecular weight is 563 g/mol. The minimum Gasteiger partial charge on any atom is -0.462 e. The highest BCUT2D eigenvalue weighted by atomic mass is 16.6. The summed E-state index contributed by atoms with van der Waals surface area (Å²) in [5, 5.41) is 9.49. The third-order valence-electron chi connectivity index (χ3n) is 6.95. The lowest BCUT2D eigenvalue weighted by Crippen LogP contribution is -2.28. The molecule has 5 heteroatoms. The number of aliphatic hydroxyl groups is 1. The molecule has 0 fully saturated rings. The summed E-state index contributed by atoms with van der Waals surface area (Å²) in [6.45, 7) is 3.98. The third kappa shape index (κ3) is 29.1. The van der Waals surface area contributed by atoms with E-state index >= 15 is 0 Å². The van der Waals surface area contributed by atoms with Gasteiger partial charge in [-0.2, -0.15) is 0 Å². The van der Waals surface area contributed by atoms with E-state index in [0.29, 0.717) is 12.8 Å². The van der Waals surface area contributed by atoms with Crippen molar-refractivity contribution in [3.05, 3.63) is 36.5 Å². The molecule has 0 aliphatic carbocycles. The Kier molecular flexibility index (Phi) is 30.2. The van der Waals surface area contributed by atoms with E-state index in [4.69, 9.17) is 9.47 Å². The number of unbranched alkanes of at least 4 members (excludes halogenated alkanes) is 15. The molecule has 1 atom stereocenters. The lowest BCUT2D eigenvalue weighted by molar-refractivity contribution is -0.161. The first-order chi connectivity index (χ1) is 19.6. The molecule has 0 aliphatic heterocycles. The van der Waals surface area contributed by atoms with Gasteiger partial charge in [-0.25, -0.2) is 0 Å². The topological polar surface area (TPSA) is 72.8 Å². The number of carbonyl (C=O) groups excluding carboxylic acids is 2. The Morgan fingerprint density at radius 2 is 1.07 bits per heavy atom. The van der Waals surface area contributed by atoms with Crippen LogP contribution in [-0.4, -0.2) is 36.4 Å². The van der Waals surface area contributed by atoms with Crippen LogP contribution in [0.5, 0.6) is 0 Å². The number of ether oxygens (including phenoxy) is 2. The van der Waals surface area contributed by atoms with Crippen LogP contribution in [0.2, 0.25) is 0 Å². The second-order valence-electron chi connectivity index (χ2n) is 10.9. The van der Waals surface area contributed by atoms with Crippen LogP contribution in [0.25, 0.3) is 0 Å². The van der Waals surface area contributed by atoms with Crippen molar-refractivity contribution in [1.82, 2.24) is 0 Å². The van der Waals surface area contributed by atoms with E-state index in [1.54, 1.807) is 0 Å². The smallest absolute Gasteiger partial charge is 0.306 e. The number of aliphatic hydroxyl groups excluding tert-OH is 1. The summed E-state index contributed by atoms with van der Waals surface area (Å²) in [5.74, 6) is -0.613. The van der Waals surface area contributed by atoms with Crippen molar-refractivity contribution >= 4 is 11.9 Å². The van der Waals surface area contributed by atoms with Crippen molar-refractivity contribution in [3.8, 4) is 0 Å². The van der Waals surface area contributed by atoms with E-state index in [9.17, 15) is 14.7 Å². The van der Waals surface area contributed by atoms with Gasteiger partial charge in [0.1, 0.15) is 6.61 Å². The summed E-state index contributed by atoms with van der Waals surface area (Å²) in [6.07, 6.45) is 36.2. The molecule has 0 aromatic heterocycles. The highest BCUT2D eigenvalue weighted by Crippen LogP contribution is 2.13. The maximum absolute atomic E-state index is 12.1. The average Bonchev–Trinajstić information content (AvgIpc) is 2.96. The minimum absolute atomic E-state index is 0.0731. The zero-order valence-corrected chi connectivity index (χ0v) is 26.1. The fourth-order valence-corrected chi connectivity index (χ4v) is 4.45. The van der Waals surface area contributed by atoms with Crippen LogP contribution in [0.15, 0.2) is 36.5 Å². The summed E-state index contributed by atoms with van der Waals surface area (Å²) >= 11 is 0. The molecular weight excluding hydrogens is 500 g/mol. The molecule has 0 aliphatic rings. The zero-order valence-electron chi connectivity index (χ0n) is 26.1. The Hall–Kier alpha value is -1.88. The van der Waals surface area contributed by atoms with E-state index in [1.807, 2.05) is 0 Å². The Labute approximate surface area is 246 Å². The second kappa shape index (κ2) is 31.6. The number of carbonyl (C=O) groups is 2. The molecule has 40 heavy (non-hydrogen) atoms. The fraction of sp³-hybridized carbons (Fsp3) is 0.771. The molecule has 0 heterocycles. The van der Waals surface area contributed by atoms with Crippen LogP contribution in [0.1, 0.15) is 155 Å². The fourth-order valence-electron chi connectivity index (χ4n) is 4.45. The predicted octanol–water partition coefficient (Wildman–Crippen LogP) is 9.72. The summed E-state index contributed by atoms with van der Waals surface area (Å²) in [6, 6.07) is 0. The lowest BCUT2D eigenvalue weighted by Gasteiger charge is -2.15. The molecule has 0 aromatic carbocycles. The van der Waals surface area contributed by atoms with Gasteiger partial charge in [0, 0.05) is 12.8 Å². The van der Waals surface area contributed by atoms with Crippen LogP contribution >= 0.6 is 0 Å². The number of esters is 2. The molecule has 0 aromatic rings. The van der Waals surface area contributed by atoms with E-state index < -0.39 is 6.10 Å². The van der Waals surface area contributed by atoms with Crippen molar-refractivity contribution in [3.63, 3.8) is 0 Å². The quantitative estimate of drug-likeness (QED) is 0.0558. The molecule has 0 saturated carbocycles. The SMILES string of the molecule is CC/C=C/C/C=C/C/C=C/CCCCCCCC(=O)OC[C@H](CO)OC(=O)CCCCCCCCCCCCC. The molecule has 0 rings (SSSR count). The van der Waals surface area contributed by atoms with E-state index in [1.165, 1.54) is 64.2 Å². The van der Waals surface area contributed by atoms with Crippen LogP contribution in [-0.2, 0) is 19.1 Å². The maximum Gasteiger partial charge on any atom is 0.306 e. The maximum atomic E-state index is 12.1. The molecule has 232 valence electrons. The Morgan fingerprint density at radius 1 is 0.600 bits per heavy atom. The number of rotatable bonds is 29. The Morgan fingerprint density at radius 3 is 1.62 bits per heavy atom. The molecule has 1 N–H and O–H groups in total. The van der Waals surface area contributed by atoms with Crippen LogP contribution in [0.3, 0.4) is 0 Å². The Balaban J connectivity index is 3.62. The van der Waals surface area contributed by atoms with Gasteiger partial charge in [0.2, 0.25) is 0 Å². The third-order valence-corrected chi connectivity index (χ3v) is 6.95. The van der Waals surface area contributed by atoms with Gasteiger partial charge in [0.25, 0.3) is 0 Å². The van der Waals surface area contributed by atoms with Gasteiger partial charge in [-0.15, -0.1) is 0 Å². The van der Waals surface area contributed by atoms with Gasteiger partial charge >= 0.3 is 11.9 Å². The van der Waals surface area contributed by atoms with Crippen LogP contribution in [0.4, 0.5) is 0 Å². The first kappa shape index (κ1) is 38.1. The molecule has 0 amide bonds. The first-order valence-corrected chi connectivity index (χ1v) is 16.5. The van der Waals surface area contributed by atoms with Gasteiger partial charge in [0.15, 0.2) is 6.10 Å². The van der Waals surface area contributed by atoms with Crippen molar-refractivity contribution in [1.29, 1.82) is 0 Å². The van der Waals surface area contributed by atoms with Gasteiger partial charge in [-0.3, -0.25) is 9.59 Å². The van der Waals surface area contributed by atoms with Gasteiger partial charge in [-0.1, -0.05) is 134 Å². The zero-order chi connectivity index (χ0) is 29.4. The van der Waals surface area contributed by atoms with E-state index in [-0.39, 0.29) is 25.2 Å². The minimum atomic E-state index is -0.773. The van der Waals surface area contributed by atoms with E-state index in [0.717, 1.165) is 64.2 Å². The molecule has 0 bridgehead atoms. The second-order valence-corrected chi connectivity index (χ2v) is 10.9. The molecule has 0 unspecified atom stereocenters. The van der Waals surface area contributed by atoms with Crippen LogP contribution in [0, 0.1) is 0 Å². The molecule has 0 saturated heterocycles. The van der Waals surface area contributed by atoms with Crippen LogP contribution < -0.4 is 0 Å². The number of hydrogen-bond acceptors (Lipinski definition) is 5. The number of allylic oxidation sites excluding steroid dienone is 6. The molecule has 5 nitrogen and oxygen atoms in total. The van der Waals surface area contributed by atoms with Crippen molar-refractivity contribution < 1.29 is 24.2 Å². The summed E-state index contributed by atoms with van der Waals surface area (Å²) < 4.78 is 10.5. The molecule has 0 radical (unpaired) electrons. The standard InChI is InChI=1S/C35H62O5/c1-3-5-7-9-11-13-15-16-17-18-20-21-23-25-27-29-34(37)39-32-33(31-36)40-35(38)30-28-26-24-22-19-14-12-10-8-6-4-2/h5,7,11,13,16-17,33,36H,3-4,6,8-10,12,14-15,18-32H2,1-2H3/b7-5+,13-11+,17-16+/t33-/m0/s1. The Bertz CT molecular complexity index is 652. The molecule has 0 spiro atoms. The monoisotopic (exact) mass is 562 g/mol. The summed E-state index contributed by atoms with van der Waals surface area (Å²) in [5.41, 5.74) is 0. The summed E-state index contributed by atoms with van der Waals surface area (Å²) in [7, 11) is 0. The van der Waals surface area contributed by atoms with E-state index in [2.05, 4.69) is 50.3 Å². The largest absolute Gasteiger partial charge is 0.462 e. The van der Waals surface area contributed by atoms with Gasteiger partial charge in [-0.05, 0) is 44.9 Å². The van der Waals surface area contributed by atoms with Crippen molar-refractivity contribution in [2.45, 2.75) is 161 Å². The predicted molar refractivity (Wildman–Crippen MR) is 168 cm³/mol. The van der Waals surface area contributed by atoms with Crippen molar-refractivity contribution in [2.75, 3.05) is 13.2 Å².